The molecule has 3 rings (SSSR count). The van der Waals surface area contributed by atoms with Gasteiger partial charge >= 0.3 is 0 Å². The SMILES string of the molecule is Cc1cc(N/N=C\c2ccc(O)c(O)c2)nc2ccccc12. The van der Waals surface area contributed by atoms with Gasteiger partial charge in [0.05, 0.1) is 11.7 Å². The number of nitrogens with zero attached hydrogens (tertiary/aromatic N) is 2. The summed E-state index contributed by atoms with van der Waals surface area (Å²) in [5, 5.41) is 23.9. The van der Waals surface area contributed by atoms with Crippen LogP contribution < -0.4 is 5.43 Å². The van der Waals surface area contributed by atoms with Crippen LogP contribution in [-0.4, -0.2) is 21.4 Å². The summed E-state index contributed by atoms with van der Waals surface area (Å²) in [4.78, 5) is 4.48. The van der Waals surface area contributed by atoms with E-state index in [2.05, 4.69) is 15.5 Å². The van der Waals surface area contributed by atoms with Crippen LogP contribution in [0.15, 0.2) is 53.6 Å². The van der Waals surface area contributed by atoms with E-state index in [1.807, 2.05) is 37.3 Å². The number of anilines is 1. The smallest absolute Gasteiger partial charge is 0.158 e. The predicted molar refractivity (Wildman–Crippen MR) is 87.5 cm³/mol. The zero-order valence-corrected chi connectivity index (χ0v) is 12.0. The van der Waals surface area contributed by atoms with E-state index in [0.717, 1.165) is 16.5 Å². The lowest BCUT2D eigenvalue weighted by Gasteiger charge is -2.05. The van der Waals surface area contributed by atoms with Gasteiger partial charge in [0.15, 0.2) is 11.5 Å². The van der Waals surface area contributed by atoms with E-state index in [-0.39, 0.29) is 11.5 Å². The summed E-state index contributed by atoms with van der Waals surface area (Å²) in [6, 6.07) is 14.3. The van der Waals surface area contributed by atoms with Gasteiger partial charge in [-0.3, -0.25) is 5.43 Å². The Balaban J connectivity index is 1.81. The molecule has 0 aliphatic rings. The van der Waals surface area contributed by atoms with Crippen molar-refractivity contribution in [2.24, 2.45) is 5.10 Å². The van der Waals surface area contributed by atoms with Gasteiger partial charge in [-0.2, -0.15) is 5.10 Å². The molecule has 0 amide bonds. The molecule has 0 aliphatic carbocycles. The second-order valence-corrected chi connectivity index (χ2v) is 4.96. The van der Waals surface area contributed by atoms with Gasteiger partial charge in [0.25, 0.3) is 0 Å². The van der Waals surface area contributed by atoms with Gasteiger partial charge in [-0.1, -0.05) is 18.2 Å². The first-order chi connectivity index (χ1) is 10.6. The van der Waals surface area contributed by atoms with Gasteiger partial charge in [-0.15, -0.1) is 0 Å². The maximum absolute atomic E-state index is 9.43. The number of hydrogen-bond donors (Lipinski definition) is 3. The lowest BCUT2D eigenvalue weighted by atomic mass is 10.1. The average molecular weight is 293 g/mol. The van der Waals surface area contributed by atoms with Crippen LogP contribution in [0, 0.1) is 6.92 Å². The van der Waals surface area contributed by atoms with Crippen molar-refractivity contribution in [2.75, 3.05) is 5.43 Å². The number of hydrazone groups is 1. The maximum atomic E-state index is 9.43. The first-order valence-electron chi connectivity index (χ1n) is 6.81. The number of hydrogen-bond acceptors (Lipinski definition) is 5. The Labute approximate surface area is 127 Å². The molecule has 2 aromatic carbocycles. The Morgan fingerprint density at radius 2 is 1.86 bits per heavy atom. The number of para-hydroxylation sites is 1. The fourth-order valence-corrected chi connectivity index (χ4v) is 2.20. The van der Waals surface area contributed by atoms with Crippen molar-refractivity contribution < 1.29 is 10.2 Å². The Morgan fingerprint density at radius 3 is 2.68 bits per heavy atom. The number of phenolic OH excluding ortho intramolecular Hbond substituents is 2. The molecule has 0 unspecified atom stereocenters. The second kappa shape index (κ2) is 5.73. The predicted octanol–water partition coefficient (Wildman–Crippen LogP) is 3.40. The number of nitrogens with one attached hydrogen (secondary N) is 1. The van der Waals surface area contributed by atoms with Gasteiger partial charge in [0.2, 0.25) is 0 Å². The summed E-state index contributed by atoms with van der Waals surface area (Å²) >= 11 is 0. The van der Waals surface area contributed by atoms with Crippen molar-refractivity contribution in [3.63, 3.8) is 0 Å². The molecule has 3 N–H and O–H groups in total. The Morgan fingerprint density at radius 1 is 1.05 bits per heavy atom. The van der Waals surface area contributed by atoms with E-state index in [0.29, 0.717) is 11.4 Å². The van der Waals surface area contributed by atoms with Crippen LogP contribution >= 0.6 is 0 Å². The van der Waals surface area contributed by atoms with Crippen molar-refractivity contribution >= 4 is 22.9 Å². The summed E-state index contributed by atoms with van der Waals surface area (Å²) in [5.74, 6) is 0.316. The lowest BCUT2D eigenvalue weighted by Crippen LogP contribution is -1.95. The molecule has 22 heavy (non-hydrogen) atoms. The van der Waals surface area contributed by atoms with E-state index in [4.69, 9.17) is 0 Å². The maximum Gasteiger partial charge on any atom is 0.158 e. The molecular formula is C17H15N3O2. The number of aromatic hydroxyl groups is 2. The van der Waals surface area contributed by atoms with Crippen LogP contribution in [0.25, 0.3) is 10.9 Å². The highest BCUT2D eigenvalue weighted by Gasteiger charge is 2.01. The van der Waals surface area contributed by atoms with Crippen molar-refractivity contribution in [3.05, 3.63) is 59.7 Å². The average Bonchev–Trinajstić information content (AvgIpc) is 2.51. The molecule has 1 aromatic heterocycles. The van der Waals surface area contributed by atoms with E-state index in [1.165, 1.54) is 12.1 Å². The number of phenols is 2. The highest BCUT2D eigenvalue weighted by atomic mass is 16.3. The van der Waals surface area contributed by atoms with Crippen LogP contribution in [0.1, 0.15) is 11.1 Å². The summed E-state index contributed by atoms with van der Waals surface area (Å²) in [6.07, 6.45) is 1.55. The normalized spacial score (nSPS) is 11.1. The zero-order valence-electron chi connectivity index (χ0n) is 12.0. The van der Waals surface area contributed by atoms with Gasteiger partial charge in [-0.25, -0.2) is 4.98 Å². The van der Waals surface area contributed by atoms with Crippen molar-refractivity contribution in [1.82, 2.24) is 4.98 Å². The Hall–Kier alpha value is -3.08. The molecule has 110 valence electrons. The highest BCUT2D eigenvalue weighted by Crippen LogP contribution is 2.24. The lowest BCUT2D eigenvalue weighted by molar-refractivity contribution is 0.403. The standard InChI is InChI=1S/C17H15N3O2/c1-11-8-17(19-14-5-3-2-4-13(11)14)20-18-10-12-6-7-15(21)16(22)9-12/h2-10,21-22H,1H3,(H,19,20)/b18-10-. The van der Waals surface area contributed by atoms with Crippen LogP contribution in [0.2, 0.25) is 0 Å². The molecule has 0 atom stereocenters. The van der Waals surface area contributed by atoms with Crippen molar-refractivity contribution in [1.29, 1.82) is 0 Å². The van der Waals surface area contributed by atoms with Crippen LogP contribution in [-0.2, 0) is 0 Å². The third-order valence-corrected chi connectivity index (χ3v) is 3.32. The molecule has 3 aromatic rings. The molecule has 0 spiro atoms. The van der Waals surface area contributed by atoms with Crippen LogP contribution in [0.5, 0.6) is 11.5 Å². The topological polar surface area (TPSA) is 77.7 Å². The van der Waals surface area contributed by atoms with E-state index < -0.39 is 0 Å². The summed E-state index contributed by atoms with van der Waals surface area (Å²) in [6.45, 7) is 2.02. The molecule has 0 fully saturated rings. The minimum Gasteiger partial charge on any atom is -0.504 e. The van der Waals surface area contributed by atoms with Gasteiger partial charge in [0.1, 0.15) is 5.82 Å². The molecule has 1 heterocycles. The minimum atomic E-state index is -0.177. The molecule has 0 saturated carbocycles. The first-order valence-corrected chi connectivity index (χ1v) is 6.81. The largest absolute Gasteiger partial charge is 0.504 e. The quantitative estimate of drug-likeness (QED) is 0.393. The minimum absolute atomic E-state index is 0.156. The third kappa shape index (κ3) is 2.83. The summed E-state index contributed by atoms with van der Waals surface area (Å²) in [5.41, 5.74) is 5.56. The van der Waals surface area contributed by atoms with Crippen molar-refractivity contribution in [2.45, 2.75) is 6.92 Å². The zero-order chi connectivity index (χ0) is 15.5. The second-order valence-electron chi connectivity index (χ2n) is 4.96. The van der Waals surface area contributed by atoms with E-state index >= 15 is 0 Å². The monoisotopic (exact) mass is 293 g/mol. The van der Waals surface area contributed by atoms with E-state index in [9.17, 15) is 10.2 Å². The third-order valence-electron chi connectivity index (χ3n) is 3.32. The fourth-order valence-electron chi connectivity index (χ4n) is 2.20. The van der Waals surface area contributed by atoms with Gasteiger partial charge in [0, 0.05) is 5.39 Å². The Bertz CT molecular complexity index is 860. The molecule has 0 aliphatic heterocycles. The van der Waals surface area contributed by atoms with Gasteiger partial charge < -0.3 is 10.2 Å². The summed E-state index contributed by atoms with van der Waals surface area (Å²) < 4.78 is 0. The Kier molecular flexibility index (Phi) is 3.62. The molecule has 0 radical (unpaired) electrons. The molecular weight excluding hydrogens is 278 g/mol. The molecule has 5 heteroatoms. The number of pyridine rings is 1. The molecule has 0 saturated heterocycles. The highest BCUT2D eigenvalue weighted by molar-refractivity contribution is 5.84. The van der Waals surface area contributed by atoms with Crippen LogP contribution in [0.3, 0.4) is 0 Å². The number of aromatic nitrogens is 1. The molecule has 0 bridgehead atoms. The van der Waals surface area contributed by atoms with Crippen molar-refractivity contribution in [3.8, 4) is 11.5 Å². The van der Waals surface area contributed by atoms with Crippen LogP contribution in [0.4, 0.5) is 5.82 Å². The molecule has 5 nitrogen and oxygen atoms in total. The number of fused-ring (bicyclic) bond motifs is 1. The van der Waals surface area contributed by atoms with E-state index in [1.54, 1.807) is 12.3 Å². The number of benzene rings is 2. The summed E-state index contributed by atoms with van der Waals surface area (Å²) in [7, 11) is 0. The van der Waals surface area contributed by atoms with Gasteiger partial charge in [-0.05, 0) is 48.4 Å². The fraction of sp³-hybridized carbons (Fsp3) is 0.0588. The first kappa shape index (κ1) is 13.9. The number of aryl methyl sites for hydroxylation is 1. The number of rotatable bonds is 3.